The fourth-order valence-corrected chi connectivity index (χ4v) is 3.88. The summed E-state index contributed by atoms with van der Waals surface area (Å²) in [4.78, 5) is 40.6. The molecule has 29 heavy (non-hydrogen) atoms. The number of benzene rings is 2. The zero-order valence-corrected chi connectivity index (χ0v) is 16.7. The van der Waals surface area contributed by atoms with Gasteiger partial charge in [-0.1, -0.05) is 35.9 Å². The molecule has 146 valence electrons. The second-order valence-electron chi connectivity index (χ2n) is 6.61. The van der Waals surface area contributed by atoms with E-state index in [1.807, 2.05) is 12.1 Å². The average Bonchev–Trinajstić information content (AvgIpc) is 3.28. The SMILES string of the molecule is CC1(c2cccc(NC(=O)c3csc(-c4ccc(Cl)cc4)n3)c2)NC(=O)NC1=O. The number of rotatable bonds is 4. The molecule has 3 N–H and O–H groups in total. The second-order valence-corrected chi connectivity index (χ2v) is 7.91. The maximum absolute atomic E-state index is 12.6. The highest BCUT2D eigenvalue weighted by Gasteiger charge is 2.43. The lowest BCUT2D eigenvalue weighted by molar-refractivity contribution is -0.123. The molecule has 1 aliphatic rings. The van der Waals surface area contributed by atoms with Crippen molar-refractivity contribution in [1.82, 2.24) is 15.6 Å². The lowest BCUT2D eigenvalue weighted by Gasteiger charge is -2.21. The van der Waals surface area contributed by atoms with Crippen molar-refractivity contribution < 1.29 is 14.4 Å². The Morgan fingerprint density at radius 2 is 1.93 bits per heavy atom. The van der Waals surface area contributed by atoms with E-state index in [4.69, 9.17) is 11.6 Å². The lowest BCUT2D eigenvalue weighted by atomic mass is 9.92. The van der Waals surface area contributed by atoms with Crippen molar-refractivity contribution in [3.8, 4) is 10.6 Å². The Bertz CT molecular complexity index is 1130. The largest absolute Gasteiger partial charge is 0.322 e. The van der Waals surface area contributed by atoms with E-state index in [0.29, 0.717) is 21.3 Å². The summed E-state index contributed by atoms with van der Waals surface area (Å²) < 4.78 is 0. The molecule has 1 aromatic heterocycles. The summed E-state index contributed by atoms with van der Waals surface area (Å²) in [5.41, 5.74) is 1.00. The van der Waals surface area contributed by atoms with Gasteiger partial charge in [-0.2, -0.15) is 0 Å². The summed E-state index contributed by atoms with van der Waals surface area (Å²) >= 11 is 7.26. The van der Waals surface area contributed by atoms with Gasteiger partial charge in [-0.15, -0.1) is 11.3 Å². The van der Waals surface area contributed by atoms with Crippen molar-refractivity contribution in [2.24, 2.45) is 0 Å². The summed E-state index contributed by atoms with van der Waals surface area (Å²) in [5, 5.41) is 10.6. The molecule has 2 heterocycles. The summed E-state index contributed by atoms with van der Waals surface area (Å²) in [7, 11) is 0. The number of anilines is 1. The minimum atomic E-state index is -1.19. The second kappa shape index (κ2) is 7.31. The third-order valence-corrected chi connectivity index (χ3v) is 5.71. The number of carbonyl (C=O) groups excluding carboxylic acids is 3. The maximum Gasteiger partial charge on any atom is 0.322 e. The molecule has 1 unspecified atom stereocenters. The third-order valence-electron chi connectivity index (χ3n) is 4.57. The average molecular weight is 427 g/mol. The number of urea groups is 1. The van der Waals surface area contributed by atoms with Crippen LogP contribution in [0.4, 0.5) is 10.5 Å². The number of amides is 4. The van der Waals surface area contributed by atoms with Gasteiger partial charge in [-0.25, -0.2) is 9.78 Å². The van der Waals surface area contributed by atoms with Crippen molar-refractivity contribution in [1.29, 1.82) is 0 Å². The van der Waals surface area contributed by atoms with Crippen molar-refractivity contribution in [3.63, 3.8) is 0 Å². The molecule has 0 spiro atoms. The molecular formula is C20H15ClN4O3S. The number of thiazole rings is 1. The van der Waals surface area contributed by atoms with Crippen LogP contribution in [0.15, 0.2) is 53.9 Å². The standard InChI is InChI=1S/C20H15ClN4O3S/c1-20(18(27)24-19(28)25-20)12-3-2-4-14(9-12)22-16(26)15-10-29-17(23-15)11-5-7-13(21)8-6-11/h2-10H,1H3,(H,22,26)(H2,24,25,27,28). The molecule has 1 atom stereocenters. The van der Waals surface area contributed by atoms with Crippen LogP contribution < -0.4 is 16.0 Å². The molecule has 9 heteroatoms. The van der Waals surface area contributed by atoms with Crippen molar-refractivity contribution in [2.75, 3.05) is 5.32 Å². The van der Waals surface area contributed by atoms with E-state index in [-0.39, 0.29) is 11.6 Å². The van der Waals surface area contributed by atoms with Gasteiger partial charge < -0.3 is 10.6 Å². The van der Waals surface area contributed by atoms with Gasteiger partial charge >= 0.3 is 6.03 Å². The van der Waals surface area contributed by atoms with Gasteiger partial charge in [0.2, 0.25) is 0 Å². The van der Waals surface area contributed by atoms with Crippen molar-refractivity contribution >= 4 is 46.5 Å². The van der Waals surface area contributed by atoms with E-state index in [9.17, 15) is 14.4 Å². The smallest absolute Gasteiger partial charge is 0.321 e. The summed E-state index contributed by atoms with van der Waals surface area (Å²) in [6.07, 6.45) is 0. The predicted molar refractivity (Wildman–Crippen MR) is 111 cm³/mol. The Balaban J connectivity index is 1.53. The number of aromatic nitrogens is 1. The Morgan fingerprint density at radius 3 is 2.62 bits per heavy atom. The number of nitrogens with one attached hydrogen (secondary N) is 3. The maximum atomic E-state index is 12.6. The molecule has 0 aliphatic carbocycles. The van der Waals surface area contributed by atoms with Gasteiger partial charge in [0.05, 0.1) is 0 Å². The Labute approximate surface area is 175 Å². The third kappa shape index (κ3) is 3.72. The number of carbonyl (C=O) groups is 3. The molecule has 4 amide bonds. The Hall–Kier alpha value is -3.23. The molecule has 0 radical (unpaired) electrons. The lowest BCUT2D eigenvalue weighted by Crippen LogP contribution is -2.40. The first-order valence-corrected chi connectivity index (χ1v) is 9.88. The number of imide groups is 1. The zero-order chi connectivity index (χ0) is 20.6. The Morgan fingerprint density at radius 1 is 1.17 bits per heavy atom. The number of nitrogens with zero attached hydrogens (tertiary/aromatic N) is 1. The van der Waals surface area contributed by atoms with E-state index in [2.05, 4.69) is 20.9 Å². The van der Waals surface area contributed by atoms with E-state index in [1.54, 1.807) is 48.7 Å². The quantitative estimate of drug-likeness (QED) is 0.553. The predicted octanol–water partition coefficient (Wildman–Crippen LogP) is 3.77. The van der Waals surface area contributed by atoms with Gasteiger partial charge in [-0.3, -0.25) is 14.9 Å². The fourth-order valence-electron chi connectivity index (χ4n) is 2.95. The molecule has 1 aliphatic heterocycles. The van der Waals surface area contributed by atoms with Gasteiger partial charge in [0.25, 0.3) is 11.8 Å². The highest BCUT2D eigenvalue weighted by Crippen LogP contribution is 2.28. The van der Waals surface area contributed by atoms with Gasteiger partial charge in [0.15, 0.2) is 0 Å². The molecule has 3 aromatic rings. The molecule has 7 nitrogen and oxygen atoms in total. The number of hydrogen-bond acceptors (Lipinski definition) is 5. The molecule has 0 saturated carbocycles. The molecule has 4 rings (SSSR count). The molecule has 0 bridgehead atoms. The van der Waals surface area contributed by atoms with Crippen LogP contribution in [-0.2, 0) is 10.3 Å². The first kappa shape index (κ1) is 19.1. The van der Waals surface area contributed by atoms with Gasteiger partial charge in [0, 0.05) is 21.7 Å². The van der Waals surface area contributed by atoms with Gasteiger partial charge in [-0.05, 0) is 36.8 Å². The molecule has 1 fully saturated rings. The van der Waals surface area contributed by atoms with Crippen LogP contribution >= 0.6 is 22.9 Å². The summed E-state index contributed by atoms with van der Waals surface area (Å²) in [6, 6.07) is 13.4. The first-order valence-electron chi connectivity index (χ1n) is 8.62. The fraction of sp³-hybridized carbons (Fsp3) is 0.100. The van der Waals surface area contributed by atoms with E-state index in [1.165, 1.54) is 11.3 Å². The van der Waals surface area contributed by atoms with E-state index in [0.717, 1.165) is 5.56 Å². The number of hydrogen-bond donors (Lipinski definition) is 3. The van der Waals surface area contributed by atoms with Crippen LogP contribution in [-0.4, -0.2) is 22.8 Å². The minimum Gasteiger partial charge on any atom is -0.321 e. The Kier molecular flexibility index (Phi) is 4.81. The molecule has 1 saturated heterocycles. The normalized spacial score (nSPS) is 18.3. The van der Waals surface area contributed by atoms with Crippen molar-refractivity contribution in [2.45, 2.75) is 12.5 Å². The van der Waals surface area contributed by atoms with Crippen LogP contribution in [0, 0.1) is 0 Å². The van der Waals surface area contributed by atoms with E-state index >= 15 is 0 Å². The zero-order valence-electron chi connectivity index (χ0n) is 15.2. The van der Waals surface area contributed by atoms with Gasteiger partial charge in [0.1, 0.15) is 16.2 Å². The molecular weight excluding hydrogens is 412 g/mol. The van der Waals surface area contributed by atoms with Crippen LogP contribution in [0.5, 0.6) is 0 Å². The highest BCUT2D eigenvalue weighted by molar-refractivity contribution is 7.13. The minimum absolute atomic E-state index is 0.281. The van der Waals surface area contributed by atoms with Crippen LogP contribution in [0.1, 0.15) is 23.0 Å². The first-order chi connectivity index (χ1) is 13.8. The van der Waals surface area contributed by atoms with E-state index < -0.39 is 17.5 Å². The van der Waals surface area contributed by atoms with Crippen LogP contribution in [0.3, 0.4) is 0 Å². The van der Waals surface area contributed by atoms with Crippen LogP contribution in [0.25, 0.3) is 10.6 Å². The summed E-state index contributed by atoms with van der Waals surface area (Å²) in [6.45, 7) is 1.60. The highest BCUT2D eigenvalue weighted by atomic mass is 35.5. The molecule has 2 aromatic carbocycles. The monoisotopic (exact) mass is 426 g/mol. The topological polar surface area (TPSA) is 100 Å². The summed E-state index contributed by atoms with van der Waals surface area (Å²) in [5.74, 6) is -0.818. The van der Waals surface area contributed by atoms with Crippen molar-refractivity contribution in [3.05, 3.63) is 70.2 Å². The number of halogens is 1. The van der Waals surface area contributed by atoms with Crippen LogP contribution in [0.2, 0.25) is 5.02 Å².